The molecule has 1 aromatic rings. The average Bonchev–Trinajstić information content (AvgIpc) is 2.17. The van der Waals surface area contributed by atoms with Crippen molar-refractivity contribution < 1.29 is 21.6 Å². The largest absolute Gasteiger partial charge is 0.243 e. The predicted octanol–water partition coefficient (Wildman–Crippen LogP) is 1.85. The highest BCUT2D eigenvalue weighted by molar-refractivity contribution is 7.88. The standard InChI is InChI=1S/C11H12F3NO2S/c12-10-4-2-1-3-8(10)7-18(16,17)15-5-9(6-15)11(13)14/h1-4,9,11H,5-7H2. The Balaban J connectivity index is 2.04. The van der Waals surface area contributed by atoms with Crippen LogP contribution in [0.25, 0.3) is 0 Å². The maximum absolute atomic E-state index is 13.3. The van der Waals surface area contributed by atoms with E-state index < -0.39 is 33.9 Å². The van der Waals surface area contributed by atoms with Gasteiger partial charge in [0.25, 0.3) is 0 Å². The lowest BCUT2D eigenvalue weighted by atomic mass is 10.1. The Bertz CT molecular complexity index is 527. The quantitative estimate of drug-likeness (QED) is 0.843. The Morgan fingerprint density at radius 2 is 1.89 bits per heavy atom. The highest BCUT2D eigenvalue weighted by atomic mass is 32.2. The van der Waals surface area contributed by atoms with Gasteiger partial charge >= 0.3 is 0 Å². The molecule has 0 atom stereocenters. The first kappa shape index (κ1) is 13.4. The van der Waals surface area contributed by atoms with Crippen LogP contribution in [-0.4, -0.2) is 32.2 Å². The first-order valence-corrected chi connectivity index (χ1v) is 7.00. The summed E-state index contributed by atoms with van der Waals surface area (Å²) in [6.45, 7) is -0.372. The second-order valence-corrected chi connectivity index (χ2v) is 6.23. The van der Waals surface area contributed by atoms with Crippen LogP contribution in [0.15, 0.2) is 24.3 Å². The van der Waals surface area contributed by atoms with Gasteiger partial charge in [-0.1, -0.05) is 18.2 Å². The third-order valence-electron chi connectivity index (χ3n) is 2.92. The summed E-state index contributed by atoms with van der Waals surface area (Å²) < 4.78 is 62.4. The minimum absolute atomic E-state index is 0.0537. The Morgan fingerprint density at radius 1 is 1.28 bits per heavy atom. The Labute approximate surface area is 103 Å². The Kier molecular flexibility index (Phi) is 3.63. The summed E-state index contributed by atoms with van der Waals surface area (Å²) in [6.07, 6.45) is -2.51. The monoisotopic (exact) mass is 279 g/mol. The molecule has 1 aromatic carbocycles. The van der Waals surface area contributed by atoms with Crippen molar-refractivity contribution in [1.82, 2.24) is 4.31 Å². The zero-order valence-corrected chi connectivity index (χ0v) is 10.2. The molecule has 0 N–H and O–H groups in total. The molecule has 1 fully saturated rings. The summed E-state index contributed by atoms with van der Waals surface area (Å²) >= 11 is 0. The molecule has 2 rings (SSSR count). The van der Waals surface area contributed by atoms with Gasteiger partial charge in [-0.2, -0.15) is 0 Å². The van der Waals surface area contributed by atoms with Gasteiger partial charge in [0.2, 0.25) is 16.4 Å². The molecule has 18 heavy (non-hydrogen) atoms. The molecule has 0 aromatic heterocycles. The van der Waals surface area contributed by atoms with Gasteiger partial charge in [0.15, 0.2) is 0 Å². The Morgan fingerprint density at radius 3 is 2.44 bits per heavy atom. The summed E-state index contributed by atoms with van der Waals surface area (Å²) in [6, 6.07) is 5.54. The van der Waals surface area contributed by atoms with Crippen LogP contribution >= 0.6 is 0 Å². The van der Waals surface area contributed by atoms with E-state index in [1.165, 1.54) is 24.3 Å². The molecule has 0 spiro atoms. The molecule has 0 saturated carbocycles. The van der Waals surface area contributed by atoms with E-state index in [2.05, 4.69) is 0 Å². The molecule has 1 heterocycles. The minimum Gasteiger partial charge on any atom is -0.212 e. The molecular weight excluding hydrogens is 267 g/mol. The van der Waals surface area contributed by atoms with Crippen molar-refractivity contribution in [2.45, 2.75) is 12.2 Å². The van der Waals surface area contributed by atoms with Gasteiger partial charge in [-0.15, -0.1) is 0 Å². The van der Waals surface area contributed by atoms with Crippen molar-refractivity contribution in [3.8, 4) is 0 Å². The summed E-state index contributed by atoms with van der Waals surface area (Å²) in [5.74, 6) is -2.00. The SMILES string of the molecule is O=S(=O)(Cc1ccccc1F)N1CC(C(F)F)C1. The van der Waals surface area contributed by atoms with Gasteiger partial charge in [0, 0.05) is 24.6 Å². The van der Waals surface area contributed by atoms with E-state index in [9.17, 15) is 21.6 Å². The maximum atomic E-state index is 13.3. The van der Waals surface area contributed by atoms with E-state index in [1.54, 1.807) is 0 Å². The fraction of sp³-hybridized carbons (Fsp3) is 0.455. The highest BCUT2D eigenvalue weighted by Crippen LogP contribution is 2.27. The topological polar surface area (TPSA) is 37.4 Å². The van der Waals surface area contributed by atoms with Crippen LogP contribution in [0.4, 0.5) is 13.2 Å². The number of benzene rings is 1. The predicted molar refractivity (Wildman–Crippen MR) is 60.1 cm³/mol. The van der Waals surface area contributed by atoms with Crippen LogP contribution in [0.5, 0.6) is 0 Å². The minimum atomic E-state index is -3.71. The average molecular weight is 279 g/mol. The molecule has 0 radical (unpaired) electrons. The normalized spacial score (nSPS) is 18.0. The van der Waals surface area contributed by atoms with Gasteiger partial charge in [-0.05, 0) is 6.07 Å². The number of nitrogens with zero attached hydrogens (tertiary/aromatic N) is 1. The lowest BCUT2D eigenvalue weighted by molar-refractivity contribution is 0.0123. The number of sulfonamides is 1. The Hall–Kier alpha value is -1.08. The van der Waals surface area contributed by atoms with Crippen molar-refractivity contribution >= 4 is 10.0 Å². The van der Waals surface area contributed by atoms with Gasteiger partial charge in [-0.3, -0.25) is 0 Å². The lowest BCUT2D eigenvalue weighted by Crippen LogP contribution is -2.52. The number of hydrogen-bond acceptors (Lipinski definition) is 2. The molecule has 1 aliphatic heterocycles. The van der Waals surface area contributed by atoms with E-state index in [4.69, 9.17) is 0 Å². The molecular formula is C11H12F3NO2S. The van der Waals surface area contributed by atoms with Gasteiger partial charge in [0.1, 0.15) is 5.82 Å². The zero-order chi connectivity index (χ0) is 13.3. The fourth-order valence-corrected chi connectivity index (χ4v) is 3.41. The molecule has 0 bridgehead atoms. The van der Waals surface area contributed by atoms with Crippen LogP contribution < -0.4 is 0 Å². The van der Waals surface area contributed by atoms with Crippen LogP contribution in [-0.2, 0) is 15.8 Å². The molecule has 1 aliphatic rings. The summed E-state index contributed by atoms with van der Waals surface area (Å²) in [4.78, 5) is 0. The molecule has 1 saturated heterocycles. The van der Waals surface area contributed by atoms with Gasteiger partial charge in [-0.25, -0.2) is 25.9 Å². The van der Waals surface area contributed by atoms with Crippen molar-refractivity contribution in [3.05, 3.63) is 35.6 Å². The van der Waals surface area contributed by atoms with Crippen molar-refractivity contribution in [2.24, 2.45) is 5.92 Å². The van der Waals surface area contributed by atoms with Gasteiger partial charge in [0.05, 0.1) is 5.75 Å². The molecule has 7 heteroatoms. The summed E-state index contributed by atoms with van der Waals surface area (Å²) in [7, 11) is -3.71. The van der Waals surface area contributed by atoms with E-state index >= 15 is 0 Å². The van der Waals surface area contributed by atoms with Crippen LogP contribution in [0.3, 0.4) is 0 Å². The van der Waals surface area contributed by atoms with Gasteiger partial charge < -0.3 is 0 Å². The van der Waals surface area contributed by atoms with Crippen molar-refractivity contribution in [1.29, 1.82) is 0 Å². The first-order chi connectivity index (χ1) is 8.40. The number of halogens is 3. The molecule has 3 nitrogen and oxygen atoms in total. The first-order valence-electron chi connectivity index (χ1n) is 5.39. The summed E-state index contributed by atoms with van der Waals surface area (Å²) in [5.41, 5.74) is 0.0537. The van der Waals surface area contributed by atoms with E-state index in [0.717, 1.165) is 4.31 Å². The molecule has 100 valence electrons. The number of hydrogen-bond donors (Lipinski definition) is 0. The smallest absolute Gasteiger partial charge is 0.212 e. The number of rotatable bonds is 4. The fourth-order valence-electron chi connectivity index (χ4n) is 1.76. The zero-order valence-electron chi connectivity index (χ0n) is 9.39. The molecule has 0 amide bonds. The van der Waals surface area contributed by atoms with E-state index in [-0.39, 0.29) is 18.7 Å². The van der Waals surface area contributed by atoms with Crippen LogP contribution in [0.2, 0.25) is 0 Å². The molecule has 0 unspecified atom stereocenters. The van der Waals surface area contributed by atoms with Crippen LogP contribution in [0.1, 0.15) is 5.56 Å². The summed E-state index contributed by atoms with van der Waals surface area (Å²) in [5, 5.41) is 0. The van der Waals surface area contributed by atoms with E-state index in [1.807, 2.05) is 0 Å². The van der Waals surface area contributed by atoms with Crippen molar-refractivity contribution in [3.63, 3.8) is 0 Å². The third kappa shape index (κ3) is 2.67. The van der Waals surface area contributed by atoms with Crippen molar-refractivity contribution in [2.75, 3.05) is 13.1 Å². The lowest BCUT2D eigenvalue weighted by Gasteiger charge is -2.37. The second-order valence-electron chi connectivity index (χ2n) is 4.26. The second kappa shape index (κ2) is 4.89. The van der Waals surface area contributed by atoms with Crippen LogP contribution in [0, 0.1) is 11.7 Å². The molecule has 0 aliphatic carbocycles. The van der Waals surface area contributed by atoms with E-state index in [0.29, 0.717) is 0 Å². The maximum Gasteiger partial charge on any atom is 0.243 e. The highest BCUT2D eigenvalue weighted by Gasteiger charge is 2.40. The third-order valence-corrected chi connectivity index (χ3v) is 4.68. The number of alkyl halides is 2.